The lowest BCUT2D eigenvalue weighted by Gasteiger charge is -2.17. The maximum absolute atomic E-state index is 13.6. The average molecular weight is 305 g/mol. The molecule has 0 aliphatic carbocycles. The van der Waals surface area contributed by atoms with Crippen LogP contribution in [0.2, 0.25) is 0 Å². The highest BCUT2D eigenvalue weighted by Gasteiger charge is 2.13. The van der Waals surface area contributed by atoms with Crippen molar-refractivity contribution in [2.24, 2.45) is 0 Å². The molecule has 0 spiro atoms. The molecule has 2 rings (SSSR count). The summed E-state index contributed by atoms with van der Waals surface area (Å²) >= 11 is 1.60. The van der Waals surface area contributed by atoms with Gasteiger partial charge in [0.05, 0.1) is 12.0 Å². The molecule has 112 valence electrons. The van der Waals surface area contributed by atoms with Crippen molar-refractivity contribution in [1.29, 1.82) is 0 Å². The fourth-order valence-corrected chi connectivity index (χ4v) is 3.31. The number of methoxy groups -OCH3 is 1. The second-order valence-electron chi connectivity index (χ2n) is 4.71. The molecule has 1 atom stereocenters. The number of halogens is 1. The average Bonchev–Trinajstić information content (AvgIpc) is 2.49. The molecule has 21 heavy (non-hydrogen) atoms. The molecule has 0 aromatic heterocycles. The number of hydrogen-bond acceptors (Lipinski definition) is 3. The van der Waals surface area contributed by atoms with Crippen molar-refractivity contribution in [3.05, 3.63) is 53.8 Å². The standard InChI is InChI=1S/C17H20FNOS/c1-4-19-12(2)14-11-13(18)9-10-16(14)21-17-8-6-5-7-15(17)20-3/h5-12,19H,4H2,1-3H3. The minimum absolute atomic E-state index is 0.0999. The molecule has 0 amide bonds. The summed E-state index contributed by atoms with van der Waals surface area (Å²) < 4.78 is 18.9. The summed E-state index contributed by atoms with van der Waals surface area (Å²) in [7, 11) is 1.66. The Labute approximate surface area is 129 Å². The van der Waals surface area contributed by atoms with Gasteiger partial charge in [-0.1, -0.05) is 30.8 Å². The first-order chi connectivity index (χ1) is 10.2. The number of rotatable bonds is 6. The van der Waals surface area contributed by atoms with E-state index in [4.69, 9.17) is 4.74 Å². The van der Waals surface area contributed by atoms with Gasteiger partial charge in [0.1, 0.15) is 11.6 Å². The van der Waals surface area contributed by atoms with Crippen molar-refractivity contribution in [2.45, 2.75) is 29.7 Å². The molecule has 1 N–H and O–H groups in total. The molecule has 0 saturated carbocycles. The van der Waals surface area contributed by atoms with Gasteiger partial charge in [0.2, 0.25) is 0 Å². The van der Waals surface area contributed by atoms with E-state index < -0.39 is 0 Å². The molecule has 2 aromatic rings. The molecule has 0 aliphatic heterocycles. The SMILES string of the molecule is CCNC(C)c1cc(F)ccc1Sc1ccccc1OC. The molecule has 1 unspecified atom stereocenters. The third-order valence-electron chi connectivity index (χ3n) is 3.24. The van der Waals surface area contributed by atoms with Crippen molar-refractivity contribution >= 4 is 11.8 Å². The zero-order valence-corrected chi connectivity index (χ0v) is 13.3. The highest BCUT2D eigenvalue weighted by molar-refractivity contribution is 7.99. The Morgan fingerprint density at radius 1 is 1.19 bits per heavy atom. The molecule has 0 saturated heterocycles. The van der Waals surface area contributed by atoms with Crippen LogP contribution in [0.15, 0.2) is 52.3 Å². The number of hydrogen-bond donors (Lipinski definition) is 1. The molecule has 0 radical (unpaired) electrons. The smallest absolute Gasteiger partial charge is 0.132 e. The summed E-state index contributed by atoms with van der Waals surface area (Å²) in [5, 5.41) is 3.33. The third-order valence-corrected chi connectivity index (χ3v) is 4.39. The van der Waals surface area contributed by atoms with Crippen molar-refractivity contribution in [3.63, 3.8) is 0 Å². The van der Waals surface area contributed by atoms with Crippen LogP contribution in [0.25, 0.3) is 0 Å². The zero-order chi connectivity index (χ0) is 15.2. The van der Waals surface area contributed by atoms with Gasteiger partial charge in [-0.2, -0.15) is 0 Å². The van der Waals surface area contributed by atoms with Crippen LogP contribution in [-0.2, 0) is 0 Å². The fourth-order valence-electron chi connectivity index (χ4n) is 2.19. The summed E-state index contributed by atoms with van der Waals surface area (Å²) in [5.74, 6) is 0.619. The topological polar surface area (TPSA) is 21.3 Å². The summed E-state index contributed by atoms with van der Waals surface area (Å²) in [4.78, 5) is 2.06. The third kappa shape index (κ3) is 3.99. The van der Waals surface area contributed by atoms with E-state index in [0.717, 1.165) is 27.6 Å². The monoisotopic (exact) mass is 305 g/mol. The molecular formula is C17H20FNOS. The predicted octanol–water partition coefficient (Wildman–Crippen LogP) is 4.66. The summed E-state index contributed by atoms with van der Waals surface area (Å²) in [6, 6.07) is 12.9. The highest BCUT2D eigenvalue weighted by atomic mass is 32.2. The van der Waals surface area contributed by atoms with E-state index in [0.29, 0.717) is 0 Å². The van der Waals surface area contributed by atoms with Gasteiger partial charge < -0.3 is 10.1 Å². The molecule has 0 heterocycles. The quantitative estimate of drug-likeness (QED) is 0.839. The Hall–Kier alpha value is -1.52. The van der Waals surface area contributed by atoms with Crippen LogP contribution in [0.3, 0.4) is 0 Å². The van der Waals surface area contributed by atoms with E-state index in [9.17, 15) is 4.39 Å². The van der Waals surface area contributed by atoms with E-state index >= 15 is 0 Å². The molecule has 4 heteroatoms. The largest absolute Gasteiger partial charge is 0.496 e. The zero-order valence-electron chi connectivity index (χ0n) is 12.5. The van der Waals surface area contributed by atoms with Gasteiger partial charge in [0.25, 0.3) is 0 Å². The minimum Gasteiger partial charge on any atom is -0.496 e. The predicted molar refractivity (Wildman–Crippen MR) is 85.6 cm³/mol. The highest BCUT2D eigenvalue weighted by Crippen LogP contribution is 2.38. The van der Waals surface area contributed by atoms with Crippen molar-refractivity contribution in [1.82, 2.24) is 5.32 Å². The second-order valence-corrected chi connectivity index (χ2v) is 5.80. The van der Waals surface area contributed by atoms with Gasteiger partial charge in [-0.05, 0) is 49.4 Å². The van der Waals surface area contributed by atoms with E-state index in [1.165, 1.54) is 6.07 Å². The molecule has 2 nitrogen and oxygen atoms in total. The number of ether oxygens (including phenoxy) is 1. The molecule has 0 bridgehead atoms. The number of nitrogens with one attached hydrogen (secondary N) is 1. The van der Waals surface area contributed by atoms with Gasteiger partial charge in [0.15, 0.2) is 0 Å². The van der Waals surface area contributed by atoms with Crippen LogP contribution < -0.4 is 10.1 Å². The van der Waals surface area contributed by atoms with Crippen LogP contribution in [0, 0.1) is 5.82 Å². The lowest BCUT2D eigenvalue weighted by atomic mass is 10.1. The Morgan fingerprint density at radius 2 is 1.95 bits per heavy atom. The second kappa shape index (κ2) is 7.48. The maximum atomic E-state index is 13.6. The first-order valence-corrected chi connectivity index (χ1v) is 7.81. The number of para-hydroxylation sites is 1. The first-order valence-electron chi connectivity index (χ1n) is 6.99. The van der Waals surface area contributed by atoms with E-state index in [-0.39, 0.29) is 11.9 Å². The van der Waals surface area contributed by atoms with Crippen LogP contribution in [0.1, 0.15) is 25.5 Å². The Morgan fingerprint density at radius 3 is 2.67 bits per heavy atom. The van der Waals surface area contributed by atoms with Crippen LogP contribution in [0.4, 0.5) is 4.39 Å². The molecule has 0 aliphatic rings. The van der Waals surface area contributed by atoms with Gasteiger partial charge in [-0.3, -0.25) is 0 Å². The van der Waals surface area contributed by atoms with Crippen LogP contribution >= 0.6 is 11.8 Å². The maximum Gasteiger partial charge on any atom is 0.132 e. The lowest BCUT2D eigenvalue weighted by Crippen LogP contribution is -2.18. The molecular weight excluding hydrogens is 285 g/mol. The van der Waals surface area contributed by atoms with Gasteiger partial charge in [-0.15, -0.1) is 0 Å². The summed E-state index contributed by atoms with van der Waals surface area (Å²) in [5.41, 5.74) is 0.966. The summed E-state index contributed by atoms with van der Waals surface area (Å²) in [6.07, 6.45) is 0. The van der Waals surface area contributed by atoms with Gasteiger partial charge in [0, 0.05) is 10.9 Å². The Kier molecular flexibility index (Phi) is 5.65. The van der Waals surface area contributed by atoms with E-state index in [2.05, 4.69) is 5.32 Å². The van der Waals surface area contributed by atoms with Crippen LogP contribution in [-0.4, -0.2) is 13.7 Å². The summed E-state index contributed by atoms with van der Waals surface area (Å²) in [6.45, 7) is 4.93. The van der Waals surface area contributed by atoms with Crippen molar-refractivity contribution in [3.8, 4) is 5.75 Å². The Balaban J connectivity index is 2.35. The van der Waals surface area contributed by atoms with Crippen LogP contribution in [0.5, 0.6) is 5.75 Å². The van der Waals surface area contributed by atoms with Crippen molar-refractivity contribution in [2.75, 3.05) is 13.7 Å². The minimum atomic E-state index is -0.209. The fraction of sp³-hybridized carbons (Fsp3) is 0.294. The van der Waals surface area contributed by atoms with E-state index in [1.54, 1.807) is 24.9 Å². The number of benzene rings is 2. The first kappa shape index (κ1) is 15.9. The van der Waals surface area contributed by atoms with E-state index in [1.807, 2.05) is 44.2 Å². The normalized spacial score (nSPS) is 12.2. The Bertz CT molecular complexity index is 603. The van der Waals surface area contributed by atoms with Gasteiger partial charge >= 0.3 is 0 Å². The van der Waals surface area contributed by atoms with Crippen molar-refractivity contribution < 1.29 is 9.13 Å². The lowest BCUT2D eigenvalue weighted by molar-refractivity contribution is 0.405. The van der Waals surface area contributed by atoms with Gasteiger partial charge in [-0.25, -0.2) is 4.39 Å². The molecule has 2 aromatic carbocycles. The molecule has 0 fully saturated rings.